The maximum atomic E-state index is 13.7. The molecule has 13 rings (SSSR count). The lowest BCUT2D eigenvalue weighted by atomic mass is 9.91. The fourth-order valence-electron chi connectivity index (χ4n) is 13.8. The molecular weight excluding hydrogens is 1360 g/mol. The SMILES string of the molecule is CC(C)(C)OC(=O)C1C[C@H](F)[C@H]2OC[C@H](O)[C@@H]12.CC1(C)O[C@H]2O[C@H]3[C@H](C(C(=O)OCc4ccccc4)C[C@H]3O)[C@H]2O1.Cc1ccc(S(=O)(=O)OC[C@@H](O)[C@H]2O[C@@H]3OC(C)(C)O[C@@H]3[C@H]2N=[N+]=[N-])cc1.O=C(OCc1ccccc1)C1C[C@@H](OCc2ccccc2)[C@H]2OC[C@H](O)[C@@H]12.S.S.S. The highest BCUT2D eigenvalue weighted by Gasteiger charge is 2.64. The van der Waals surface area contributed by atoms with Crippen LogP contribution >= 0.6 is 40.5 Å². The quantitative estimate of drug-likeness (QED) is 0.0213. The third-order valence-electron chi connectivity index (χ3n) is 18.1. The Kier molecular flexibility index (Phi) is 28.1. The Morgan fingerprint density at radius 2 is 1.10 bits per heavy atom. The number of esters is 3. The van der Waals surface area contributed by atoms with Crippen molar-refractivity contribution in [3.05, 3.63) is 148 Å². The molecule has 542 valence electrons. The summed E-state index contributed by atoms with van der Waals surface area (Å²) >= 11 is 0. The Bertz CT molecular complexity index is 3400. The summed E-state index contributed by atoms with van der Waals surface area (Å²) < 4.78 is 111. The van der Waals surface area contributed by atoms with Crippen molar-refractivity contribution in [1.29, 1.82) is 0 Å². The first-order valence-corrected chi connectivity index (χ1v) is 33.4. The number of hydrogen-bond donors (Lipinski definition) is 4. The number of benzene rings is 4. The van der Waals surface area contributed by atoms with Gasteiger partial charge in [-0.15, -0.1) is 0 Å². The van der Waals surface area contributed by atoms with E-state index in [2.05, 4.69) is 10.0 Å². The zero-order valence-electron chi connectivity index (χ0n) is 55.7. The third kappa shape index (κ3) is 19.6. The van der Waals surface area contributed by atoms with Crippen LogP contribution in [0.2, 0.25) is 0 Å². The predicted molar refractivity (Wildman–Crippen MR) is 362 cm³/mol. The molecule has 6 aliphatic heterocycles. The largest absolute Gasteiger partial charge is 0.461 e. The van der Waals surface area contributed by atoms with E-state index in [4.69, 9.17) is 66.6 Å². The molecule has 0 amide bonds. The van der Waals surface area contributed by atoms with E-state index in [-0.39, 0.29) is 120 Å². The van der Waals surface area contributed by atoms with Gasteiger partial charge in [-0.25, -0.2) is 4.39 Å². The molecule has 0 radical (unpaired) electrons. The molecule has 4 aromatic carbocycles. The van der Waals surface area contributed by atoms with Gasteiger partial charge in [0, 0.05) is 22.7 Å². The summed E-state index contributed by atoms with van der Waals surface area (Å²) in [6, 6.07) is 34.3. The first kappa shape index (κ1) is 80.3. The molecule has 6 saturated heterocycles. The first-order chi connectivity index (χ1) is 45.1. The fraction of sp³-hybridized carbons (Fsp3) is 0.603. The molecule has 6 heterocycles. The second kappa shape index (κ2) is 34.3. The van der Waals surface area contributed by atoms with E-state index in [1.54, 1.807) is 46.8 Å². The van der Waals surface area contributed by atoms with Gasteiger partial charge in [0.1, 0.15) is 49.4 Å². The lowest BCUT2D eigenvalue weighted by molar-refractivity contribution is -0.217. The topological polar surface area (TPSA) is 335 Å². The molecule has 0 spiro atoms. The predicted octanol–water partition coefficient (Wildman–Crippen LogP) is 7.33. The summed E-state index contributed by atoms with van der Waals surface area (Å²) in [6.45, 7) is 14.8. The van der Waals surface area contributed by atoms with Gasteiger partial charge in [-0.2, -0.15) is 48.9 Å². The average molecular weight is 1450 g/mol. The van der Waals surface area contributed by atoms with Gasteiger partial charge in [-0.05, 0) is 109 Å². The number of aliphatic hydroxyl groups excluding tert-OH is 4. The first-order valence-electron chi connectivity index (χ1n) is 32.0. The van der Waals surface area contributed by atoms with E-state index in [0.717, 1.165) is 22.3 Å². The summed E-state index contributed by atoms with van der Waals surface area (Å²) in [5.41, 5.74) is 12.1. The van der Waals surface area contributed by atoms with Crippen LogP contribution in [0.3, 0.4) is 0 Å². The Hall–Kier alpha value is -5.03. The van der Waals surface area contributed by atoms with Crippen molar-refractivity contribution >= 4 is 68.5 Å². The minimum Gasteiger partial charge on any atom is -0.461 e. The standard InChI is InChI=1S/C22H24O5.C18H22O6.C16H21N3O7S.C12H19FO4.3H2S/c23-18-14-26-21-19(25-12-15-7-3-1-4-8-15)11-17(20(18)21)22(24)27-13-16-9-5-2-6-10-16;1-18(2)23-15-13-11(8-12(19)14(13)22-17(15)24-18)16(20)21-9-10-6-4-3-5-7-10;1-9-4-6-10(7-5-9)27(21,22)23-8-11(20)13-12(18-19-17)14-15(24-13)26-16(2,3)25-14;1-12(2,3)17-11(15)6-4-7(13)10-9(6)8(14)5-16-10;;;/h1-10,17-21,23H,11-14H2;3-7,11-15,17,19H,8-9H2,1-2H3;4-7,11-15,20H,8H2,1-3H3;6-10,14H,4-5H2,1-3H3;3*1H2/t17?,18-,19+,20+,21+;11?,12-,13+,14-,15-,17-;11-,12+,13-,14-,15-;6?,7-,8-,9+,10+;;;/m0110.../s1. The highest BCUT2D eigenvalue weighted by Crippen LogP contribution is 2.51. The molecule has 25 nitrogen and oxygen atoms in total. The zero-order chi connectivity index (χ0) is 68.1. The number of azide groups is 1. The zero-order valence-corrected chi connectivity index (χ0v) is 59.5. The molecule has 9 fully saturated rings. The monoisotopic (exact) mass is 1450 g/mol. The Morgan fingerprint density at radius 3 is 1.63 bits per heavy atom. The van der Waals surface area contributed by atoms with Crippen LogP contribution in [-0.2, 0) is 105 Å². The number of aryl methyl sites for hydroxylation is 1. The van der Waals surface area contributed by atoms with Gasteiger partial charge in [0.25, 0.3) is 10.1 Å². The lowest BCUT2D eigenvalue weighted by Gasteiger charge is -2.26. The number of halogens is 1. The van der Waals surface area contributed by atoms with Crippen molar-refractivity contribution in [3.63, 3.8) is 0 Å². The van der Waals surface area contributed by atoms with E-state index in [9.17, 15) is 47.6 Å². The molecule has 30 heteroatoms. The molecule has 4 aromatic rings. The molecular formula is C68H92FN3O22S4. The van der Waals surface area contributed by atoms with Crippen LogP contribution in [-0.4, -0.2) is 176 Å². The van der Waals surface area contributed by atoms with Crippen molar-refractivity contribution < 1.29 is 109 Å². The number of alkyl halides is 1. The van der Waals surface area contributed by atoms with Gasteiger partial charge < -0.3 is 77.3 Å². The van der Waals surface area contributed by atoms with Gasteiger partial charge in [0.15, 0.2) is 24.2 Å². The fourth-order valence-corrected chi connectivity index (χ4v) is 14.7. The second-order valence-corrected chi connectivity index (χ2v) is 28.7. The molecule has 3 saturated carbocycles. The van der Waals surface area contributed by atoms with Crippen molar-refractivity contribution in [2.75, 3.05) is 19.8 Å². The second-order valence-electron chi connectivity index (χ2n) is 27.1. The summed E-state index contributed by atoms with van der Waals surface area (Å²) in [5.74, 6) is -5.11. The van der Waals surface area contributed by atoms with Gasteiger partial charge in [0.05, 0.1) is 97.8 Å². The minimum absolute atomic E-state index is 0. The molecule has 21 atom stereocenters. The summed E-state index contributed by atoms with van der Waals surface area (Å²) in [5, 5.41) is 44.3. The Labute approximate surface area is 590 Å². The van der Waals surface area contributed by atoms with E-state index in [0.29, 0.717) is 19.4 Å². The summed E-state index contributed by atoms with van der Waals surface area (Å²) in [4.78, 5) is 39.9. The van der Waals surface area contributed by atoms with E-state index in [1.807, 2.05) is 112 Å². The van der Waals surface area contributed by atoms with Gasteiger partial charge in [-0.3, -0.25) is 18.6 Å². The highest BCUT2D eigenvalue weighted by atomic mass is 32.2. The van der Waals surface area contributed by atoms with Crippen LogP contribution in [0.25, 0.3) is 10.4 Å². The molecule has 0 bridgehead atoms. The molecule has 3 aliphatic carbocycles. The number of carbonyl (C=O) groups is 3. The summed E-state index contributed by atoms with van der Waals surface area (Å²) in [6.07, 6.45) is -8.79. The summed E-state index contributed by atoms with van der Waals surface area (Å²) in [7, 11) is -4.05. The number of aliphatic hydroxyl groups is 4. The number of nitrogens with zero attached hydrogens (tertiary/aromatic N) is 3. The van der Waals surface area contributed by atoms with Crippen molar-refractivity contribution in [1.82, 2.24) is 0 Å². The van der Waals surface area contributed by atoms with Crippen LogP contribution in [0, 0.1) is 42.4 Å². The minimum atomic E-state index is -4.05. The van der Waals surface area contributed by atoms with Crippen LogP contribution in [0.5, 0.6) is 0 Å². The number of carbonyl (C=O) groups excluding carboxylic acids is 3. The molecule has 98 heavy (non-hydrogen) atoms. The van der Waals surface area contributed by atoms with Crippen molar-refractivity contribution in [2.24, 2.45) is 40.6 Å². The van der Waals surface area contributed by atoms with Crippen LogP contribution < -0.4 is 0 Å². The normalized spacial score (nSPS) is 33.4. The Morgan fingerprint density at radius 1 is 0.622 bits per heavy atom. The van der Waals surface area contributed by atoms with Crippen LogP contribution in [0.15, 0.2) is 125 Å². The Balaban J connectivity index is 0.000000184. The maximum absolute atomic E-state index is 13.7. The number of fused-ring (bicyclic) bond motifs is 6. The maximum Gasteiger partial charge on any atom is 0.310 e. The molecule has 0 aromatic heterocycles. The number of ether oxygens (including phenoxy) is 12. The van der Waals surface area contributed by atoms with E-state index >= 15 is 0 Å². The average Bonchev–Trinajstić information content (AvgIpc) is 1.59. The van der Waals surface area contributed by atoms with Crippen LogP contribution in [0.4, 0.5) is 4.39 Å². The lowest BCUT2D eigenvalue weighted by Crippen LogP contribution is -2.42. The number of rotatable bonds is 16. The molecule has 9 aliphatic rings. The van der Waals surface area contributed by atoms with Crippen molar-refractivity contribution in [3.8, 4) is 0 Å². The van der Waals surface area contributed by atoms with Gasteiger partial charge in [-0.1, -0.05) is 114 Å². The highest BCUT2D eigenvalue weighted by molar-refractivity contribution is 7.86. The smallest absolute Gasteiger partial charge is 0.310 e. The molecule has 3 unspecified atom stereocenters. The number of hydrogen-bond acceptors (Lipinski definition) is 23. The van der Waals surface area contributed by atoms with Crippen LogP contribution in [0.1, 0.15) is 90.0 Å². The van der Waals surface area contributed by atoms with E-state index in [1.165, 1.54) is 12.1 Å². The third-order valence-corrected chi connectivity index (χ3v) is 19.3. The van der Waals surface area contributed by atoms with E-state index < -0.39 is 137 Å². The van der Waals surface area contributed by atoms with Gasteiger partial charge >= 0.3 is 17.9 Å². The molecule has 4 N–H and O–H groups in total. The van der Waals surface area contributed by atoms with Gasteiger partial charge in [0.2, 0.25) is 0 Å². The van der Waals surface area contributed by atoms with Crippen molar-refractivity contribution in [2.45, 2.75) is 208 Å².